The molecule has 0 radical (unpaired) electrons. The molecule has 0 amide bonds. The second kappa shape index (κ2) is 5.74. The Kier molecular flexibility index (Phi) is 3.56. The van der Waals surface area contributed by atoms with Crippen LogP contribution in [0.25, 0.3) is 22.3 Å². The van der Waals surface area contributed by atoms with Crippen molar-refractivity contribution < 1.29 is 8.83 Å². The first-order valence-corrected chi connectivity index (χ1v) is 8.18. The van der Waals surface area contributed by atoms with Crippen molar-refractivity contribution in [2.75, 3.05) is 0 Å². The number of fused-ring (bicyclic) bond motifs is 2. The van der Waals surface area contributed by atoms with Gasteiger partial charge >= 0.3 is 0 Å². The lowest BCUT2D eigenvalue weighted by Crippen LogP contribution is -1.99. The van der Waals surface area contributed by atoms with Gasteiger partial charge in [-0.15, -0.1) is 0 Å². The van der Waals surface area contributed by atoms with E-state index in [1.54, 1.807) is 0 Å². The van der Waals surface area contributed by atoms with Gasteiger partial charge < -0.3 is 8.83 Å². The highest BCUT2D eigenvalue weighted by atomic mass is 16.3. The van der Waals surface area contributed by atoms with E-state index < -0.39 is 0 Å². The van der Waals surface area contributed by atoms with Gasteiger partial charge in [-0.05, 0) is 41.2 Å². The number of pyridine rings is 1. The van der Waals surface area contributed by atoms with Crippen molar-refractivity contribution in [3.63, 3.8) is 0 Å². The summed E-state index contributed by atoms with van der Waals surface area (Å²) in [6.45, 7) is 6.48. The molecule has 122 valence electrons. The topological polar surface area (TPSA) is 65.0 Å². The summed E-state index contributed by atoms with van der Waals surface area (Å²) < 4.78 is 11.3. The molecule has 1 aromatic carbocycles. The average Bonchev–Trinajstić information content (AvgIpc) is 3.18. The van der Waals surface area contributed by atoms with Crippen LogP contribution in [-0.4, -0.2) is 15.0 Å². The predicted octanol–water partition coefficient (Wildman–Crippen LogP) is 4.83. The van der Waals surface area contributed by atoms with Crippen LogP contribution < -0.4 is 0 Å². The highest BCUT2D eigenvalue weighted by Crippen LogP contribution is 2.26. The standard InChI is InChI=1S/C19H19N3O2/c1-11(2)13-4-5-15-16(7-13)24-18(22-15)6-12(3)14-8-17-19(20-9-14)21-10-23-17/h4-5,7-12H,6H2,1-3H3. The van der Waals surface area contributed by atoms with Gasteiger partial charge in [-0.2, -0.15) is 4.98 Å². The molecular weight excluding hydrogens is 302 g/mol. The van der Waals surface area contributed by atoms with Gasteiger partial charge in [0.05, 0.1) is 0 Å². The van der Waals surface area contributed by atoms with Gasteiger partial charge in [0.15, 0.2) is 29.1 Å². The molecule has 1 atom stereocenters. The second-order valence-corrected chi connectivity index (χ2v) is 6.54. The van der Waals surface area contributed by atoms with E-state index in [4.69, 9.17) is 8.83 Å². The molecular formula is C19H19N3O2. The van der Waals surface area contributed by atoms with E-state index in [2.05, 4.69) is 47.9 Å². The number of oxazole rings is 2. The number of benzene rings is 1. The summed E-state index contributed by atoms with van der Waals surface area (Å²) in [4.78, 5) is 13.0. The van der Waals surface area contributed by atoms with Crippen LogP contribution >= 0.6 is 0 Å². The van der Waals surface area contributed by atoms with E-state index in [9.17, 15) is 0 Å². The van der Waals surface area contributed by atoms with Crippen molar-refractivity contribution in [1.82, 2.24) is 15.0 Å². The van der Waals surface area contributed by atoms with Gasteiger partial charge in [-0.3, -0.25) is 0 Å². The number of nitrogens with zero attached hydrogens (tertiary/aromatic N) is 3. The van der Waals surface area contributed by atoms with E-state index in [-0.39, 0.29) is 5.92 Å². The Morgan fingerprint density at radius 1 is 1.00 bits per heavy atom. The molecule has 5 heteroatoms. The van der Waals surface area contributed by atoms with Crippen molar-refractivity contribution in [2.45, 2.75) is 39.0 Å². The van der Waals surface area contributed by atoms with E-state index in [0.29, 0.717) is 23.6 Å². The highest BCUT2D eigenvalue weighted by Gasteiger charge is 2.14. The van der Waals surface area contributed by atoms with Gasteiger partial charge in [-0.25, -0.2) is 9.97 Å². The van der Waals surface area contributed by atoms with Crippen LogP contribution in [0.1, 0.15) is 49.6 Å². The quantitative estimate of drug-likeness (QED) is 0.538. The minimum absolute atomic E-state index is 0.227. The molecule has 5 nitrogen and oxygen atoms in total. The normalized spacial score (nSPS) is 13.2. The zero-order valence-corrected chi connectivity index (χ0v) is 14.0. The van der Waals surface area contributed by atoms with E-state index in [0.717, 1.165) is 22.6 Å². The third-order valence-corrected chi connectivity index (χ3v) is 4.38. The molecule has 4 aromatic rings. The van der Waals surface area contributed by atoms with Crippen LogP contribution in [-0.2, 0) is 6.42 Å². The van der Waals surface area contributed by atoms with Crippen LogP contribution in [0, 0.1) is 0 Å². The fraction of sp³-hybridized carbons (Fsp3) is 0.316. The van der Waals surface area contributed by atoms with Gasteiger partial charge in [0.2, 0.25) is 0 Å². The third-order valence-electron chi connectivity index (χ3n) is 4.38. The van der Waals surface area contributed by atoms with E-state index >= 15 is 0 Å². The number of hydrogen-bond acceptors (Lipinski definition) is 5. The zero-order valence-electron chi connectivity index (χ0n) is 14.0. The molecule has 3 aromatic heterocycles. The zero-order chi connectivity index (χ0) is 16.7. The Balaban J connectivity index is 1.60. The van der Waals surface area contributed by atoms with Gasteiger partial charge in [0.1, 0.15) is 5.52 Å². The minimum atomic E-state index is 0.227. The second-order valence-electron chi connectivity index (χ2n) is 6.54. The highest BCUT2D eigenvalue weighted by molar-refractivity contribution is 5.73. The Hall–Kier alpha value is -2.69. The lowest BCUT2D eigenvalue weighted by Gasteiger charge is -2.08. The van der Waals surface area contributed by atoms with Crippen LogP contribution in [0.3, 0.4) is 0 Å². The minimum Gasteiger partial charge on any atom is -0.442 e. The first-order valence-electron chi connectivity index (χ1n) is 8.18. The van der Waals surface area contributed by atoms with E-state index in [1.807, 2.05) is 18.3 Å². The Morgan fingerprint density at radius 2 is 1.83 bits per heavy atom. The first-order chi connectivity index (χ1) is 11.6. The molecule has 0 N–H and O–H groups in total. The van der Waals surface area contributed by atoms with Crippen LogP contribution in [0.15, 0.2) is 45.7 Å². The van der Waals surface area contributed by atoms with Crippen molar-refractivity contribution >= 4 is 22.3 Å². The molecule has 0 saturated heterocycles. The Labute approximate surface area is 139 Å². The molecule has 0 aliphatic heterocycles. The van der Waals surface area contributed by atoms with Crippen LogP contribution in [0.2, 0.25) is 0 Å². The van der Waals surface area contributed by atoms with Crippen LogP contribution in [0.4, 0.5) is 0 Å². The lowest BCUT2D eigenvalue weighted by atomic mass is 9.99. The number of hydrogen-bond donors (Lipinski definition) is 0. The molecule has 0 bridgehead atoms. The summed E-state index contributed by atoms with van der Waals surface area (Å²) in [6, 6.07) is 8.22. The summed E-state index contributed by atoms with van der Waals surface area (Å²) >= 11 is 0. The summed E-state index contributed by atoms with van der Waals surface area (Å²) in [5.41, 5.74) is 5.45. The third kappa shape index (κ3) is 2.66. The SMILES string of the molecule is CC(C)c1ccc2nc(CC(C)c3cnc4ncoc4c3)oc2c1. The fourth-order valence-corrected chi connectivity index (χ4v) is 2.85. The predicted molar refractivity (Wildman–Crippen MR) is 92.0 cm³/mol. The van der Waals surface area contributed by atoms with Crippen molar-refractivity contribution in [3.8, 4) is 0 Å². The average molecular weight is 321 g/mol. The summed E-state index contributed by atoms with van der Waals surface area (Å²) in [5, 5.41) is 0. The maximum absolute atomic E-state index is 5.96. The maximum Gasteiger partial charge on any atom is 0.198 e. The fourth-order valence-electron chi connectivity index (χ4n) is 2.85. The maximum atomic E-state index is 5.96. The molecule has 24 heavy (non-hydrogen) atoms. The van der Waals surface area contributed by atoms with Crippen molar-refractivity contribution in [1.29, 1.82) is 0 Å². The first kappa shape index (κ1) is 14.9. The summed E-state index contributed by atoms with van der Waals surface area (Å²) in [7, 11) is 0. The molecule has 3 heterocycles. The molecule has 0 fully saturated rings. The molecule has 0 spiro atoms. The van der Waals surface area contributed by atoms with Crippen molar-refractivity contribution in [3.05, 3.63) is 53.9 Å². The summed E-state index contributed by atoms with van der Waals surface area (Å²) in [5.74, 6) is 1.45. The van der Waals surface area contributed by atoms with Gasteiger partial charge in [0.25, 0.3) is 0 Å². The molecule has 0 aliphatic carbocycles. The van der Waals surface area contributed by atoms with Gasteiger partial charge in [-0.1, -0.05) is 26.8 Å². The Bertz CT molecular complexity index is 1000. The Morgan fingerprint density at radius 3 is 2.67 bits per heavy atom. The van der Waals surface area contributed by atoms with Crippen LogP contribution in [0.5, 0.6) is 0 Å². The smallest absolute Gasteiger partial charge is 0.198 e. The molecule has 4 rings (SSSR count). The molecule has 1 unspecified atom stereocenters. The van der Waals surface area contributed by atoms with Crippen molar-refractivity contribution in [2.24, 2.45) is 0 Å². The lowest BCUT2D eigenvalue weighted by molar-refractivity contribution is 0.507. The van der Waals surface area contributed by atoms with Gasteiger partial charge in [0, 0.05) is 12.6 Å². The monoisotopic (exact) mass is 321 g/mol. The number of aromatic nitrogens is 3. The van der Waals surface area contributed by atoms with E-state index in [1.165, 1.54) is 12.0 Å². The largest absolute Gasteiger partial charge is 0.442 e. The number of rotatable bonds is 4. The molecule has 0 aliphatic rings. The summed E-state index contributed by atoms with van der Waals surface area (Å²) in [6.07, 6.45) is 3.97. The molecule has 0 saturated carbocycles.